The van der Waals surface area contributed by atoms with Gasteiger partial charge in [0.1, 0.15) is 6.61 Å². The predicted molar refractivity (Wildman–Crippen MR) is 50.5 cm³/mol. The Morgan fingerprint density at radius 1 is 1.69 bits per heavy atom. The zero-order valence-electron chi connectivity index (χ0n) is 8.30. The highest BCUT2D eigenvalue weighted by molar-refractivity contribution is 5.77. The van der Waals surface area contributed by atoms with Crippen molar-refractivity contribution in [1.82, 2.24) is 10.6 Å². The highest BCUT2D eigenvalue weighted by Gasteiger charge is 2.21. The molecule has 2 unspecified atom stereocenters. The van der Waals surface area contributed by atoms with Gasteiger partial charge in [0.15, 0.2) is 0 Å². The van der Waals surface area contributed by atoms with Gasteiger partial charge in [-0.05, 0) is 26.3 Å². The molecule has 1 saturated heterocycles. The minimum absolute atomic E-state index is 0.0250. The maximum absolute atomic E-state index is 11.2. The van der Waals surface area contributed by atoms with Crippen molar-refractivity contribution >= 4 is 5.91 Å². The second-order valence-electron chi connectivity index (χ2n) is 3.49. The zero-order chi connectivity index (χ0) is 9.68. The van der Waals surface area contributed by atoms with Crippen molar-refractivity contribution in [2.45, 2.75) is 31.8 Å². The van der Waals surface area contributed by atoms with E-state index in [1.807, 2.05) is 0 Å². The summed E-state index contributed by atoms with van der Waals surface area (Å²) in [5.74, 6) is -0.0250. The van der Waals surface area contributed by atoms with Crippen molar-refractivity contribution in [3.8, 4) is 0 Å². The molecule has 0 aliphatic carbocycles. The lowest BCUT2D eigenvalue weighted by atomic mass is 10.00. The number of hydrogen-bond acceptors (Lipinski definition) is 3. The van der Waals surface area contributed by atoms with E-state index in [-0.39, 0.29) is 18.6 Å². The predicted octanol–water partition coefficient (Wildman–Crippen LogP) is -0.110. The first-order valence-corrected chi connectivity index (χ1v) is 4.75. The van der Waals surface area contributed by atoms with Gasteiger partial charge in [-0.2, -0.15) is 0 Å². The van der Waals surface area contributed by atoms with Gasteiger partial charge in [0.25, 0.3) is 0 Å². The van der Waals surface area contributed by atoms with Crippen LogP contribution in [0, 0.1) is 0 Å². The smallest absolute Gasteiger partial charge is 0.246 e. The highest BCUT2D eigenvalue weighted by Crippen LogP contribution is 2.07. The van der Waals surface area contributed by atoms with E-state index in [1.165, 1.54) is 7.11 Å². The molecule has 4 heteroatoms. The van der Waals surface area contributed by atoms with E-state index in [1.54, 1.807) is 0 Å². The van der Waals surface area contributed by atoms with Crippen LogP contribution in [-0.4, -0.2) is 38.3 Å². The molecule has 1 heterocycles. The summed E-state index contributed by atoms with van der Waals surface area (Å²) in [5.41, 5.74) is 0. The molecular formula is C9H18N2O2. The van der Waals surface area contributed by atoms with Gasteiger partial charge in [0, 0.05) is 19.2 Å². The quantitative estimate of drug-likeness (QED) is 0.646. The zero-order valence-corrected chi connectivity index (χ0v) is 8.30. The van der Waals surface area contributed by atoms with Gasteiger partial charge < -0.3 is 15.4 Å². The van der Waals surface area contributed by atoms with Gasteiger partial charge >= 0.3 is 0 Å². The minimum Gasteiger partial charge on any atom is -0.375 e. The fraction of sp³-hybridized carbons (Fsp3) is 0.889. The van der Waals surface area contributed by atoms with E-state index in [9.17, 15) is 4.79 Å². The second kappa shape index (κ2) is 5.19. The summed E-state index contributed by atoms with van der Waals surface area (Å²) in [6.07, 6.45) is 2.19. The summed E-state index contributed by atoms with van der Waals surface area (Å²) in [6.45, 7) is 3.30. The normalized spacial score (nSPS) is 28.5. The number of hydrogen-bond donors (Lipinski definition) is 2. The maximum Gasteiger partial charge on any atom is 0.246 e. The van der Waals surface area contributed by atoms with Crippen molar-refractivity contribution in [3.05, 3.63) is 0 Å². The molecule has 76 valence electrons. The molecule has 1 aliphatic rings. The third-order valence-corrected chi connectivity index (χ3v) is 2.38. The molecule has 2 N–H and O–H groups in total. The van der Waals surface area contributed by atoms with E-state index in [0.29, 0.717) is 6.04 Å². The molecule has 0 spiro atoms. The molecule has 0 bridgehead atoms. The molecule has 0 aromatic heterocycles. The van der Waals surface area contributed by atoms with Crippen molar-refractivity contribution in [1.29, 1.82) is 0 Å². The number of nitrogens with one attached hydrogen (secondary N) is 2. The van der Waals surface area contributed by atoms with Gasteiger partial charge in [-0.3, -0.25) is 4.79 Å². The standard InChI is InChI=1S/C9H18N2O2/c1-7-8(4-3-5-10-7)11-9(12)6-13-2/h7-8,10H,3-6H2,1-2H3,(H,11,12). The first kappa shape index (κ1) is 10.5. The average Bonchev–Trinajstić information content (AvgIpc) is 2.09. The van der Waals surface area contributed by atoms with E-state index < -0.39 is 0 Å². The summed E-state index contributed by atoms with van der Waals surface area (Å²) in [7, 11) is 1.53. The highest BCUT2D eigenvalue weighted by atomic mass is 16.5. The van der Waals surface area contributed by atoms with Crippen molar-refractivity contribution in [2.24, 2.45) is 0 Å². The Bertz CT molecular complexity index is 173. The fourth-order valence-electron chi connectivity index (χ4n) is 1.62. The Kier molecular flexibility index (Phi) is 4.18. The van der Waals surface area contributed by atoms with Crippen LogP contribution in [0.3, 0.4) is 0 Å². The number of methoxy groups -OCH3 is 1. The van der Waals surface area contributed by atoms with E-state index in [4.69, 9.17) is 4.74 Å². The summed E-state index contributed by atoms with van der Waals surface area (Å²) in [5, 5.41) is 6.27. The Hall–Kier alpha value is -0.610. The molecule has 0 radical (unpaired) electrons. The molecule has 2 atom stereocenters. The first-order valence-electron chi connectivity index (χ1n) is 4.75. The second-order valence-corrected chi connectivity index (χ2v) is 3.49. The third kappa shape index (κ3) is 3.32. The van der Waals surface area contributed by atoms with Gasteiger partial charge in [0.05, 0.1) is 0 Å². The molecule has 13 heavy (non-hydrogen) atoms. The topological polar surface area (TPSA) is 50.4 Å². The Morgan fingerprint density at radius 3 is 3.08 bits per heavy atom. The first-order chi connectivity index (χ1) is 6.24. The molecular weight excluding hydrogens is 168 g/mol. The molecule has 0 saturated carbocycles. The van der Waals surface area contributed by atoms with Gasteiger partial charge in [-0.25, -0.2) is 0 Å². The van der Waals surface area contributed by atoms with Crippen LogP contribution in [-0.2, 0) is 9.53 Å². The van der Waals surface area contributed by atoms with Crippen LogP contribution in [0.25, 0.3) is 0 Å². The summed E-state index contributed by atoms with van der Waals surface area (Å²) >= 11 is 0. The summed E-state index contributed by atoms with van der Waals surface area (Å²) in [6, 6.07) is 0.631. The largest absolute Gasteiger partial charge is 0.375 e. The van der Waals surface area contributed by atoms with Crippen molar-refractivity contribution in [3.63, 3.8) is 0 Å². The van der Waals surface area contributed by atoms with Gasteiger partial charge in [0.2, 0.25) is 5.91 Å². The van der Waals surface area contributed by atoms with Crippen molar-refractivity contribution < 1.29 is 9.53 Å². The molecule has 0 aromatic rings. The molecule has 1 rings (SSSR count). The monoisotopic (exact) mass is 186 g/mol. The Balaban J connectivity index is 2.29. The van der Waals surface area contributed by atoms with E-state index >= 15 is 0 Å². The van der Waals surface area contributed by atoms with E-state index in [2.05, 4.69) is 17.6 Å². The fourth-order valence-corrected chi connectivity index (χ4v) is 1.62. The Labute approximate surface area is 79.0 Å². The number of ether oxygens (including phenoxy) is 1. The van der Waals surface area contributed by atoms with Gasteiger partial charge in [-0.15, -0.1) is 0 Å². The van der Waals surface area contributed by atoms with Crippen molar-refractivity contribution in [2.75, 3.05) is 20.3 Å². The number of carbonyl (C=O) groups is 1. The summed E-state index contributed by atoms with van der Waals surface area (Å²) < 4.78 is 4.75. The third-order valence-electron chi connectivity index (χ3n) is 2.38. The molecule has 1 amide bonds. The Morgan fingerprint density at radius 2 is 2.46 bits per heavy atom. The van der Waals surface area contributed by atoms with Crippen LogP contribution < -0.4 is 10.6 Å². The molecule has 4 nitrogen and oxygen atoms in total. The molecule has 1 aliphatic heterocycles. The van der Waals surface area contributed by atoms with Crippen LogP contribution in [0.2, 0.25) is 0 Å². The molecule has 0 aromatic carbocycles. The van der Waals surface area contributed by atoms with Crippen LogP contribution in [0.4, 0.5) is 0 Å². The number of amides is 1. The van der Waals surface area contributed by atoms with Crippen LogP contribution >= 0.6 is 0 Å². The lowest BCUT2D eigenvalue weighted by Gasteiger charge is -2.30. The number of piperidine rings is 1. The SMILES string of the molecule is COCC(=O)NC1CCCNC1C. The van der Waals surface area contributed by atoms with Crippen LogP contribution in [0.5, 0.6) is 0 Å². The molecule has 1 fully saturated rings. The summed E-state index contributed by atoms with van der Waals surface area (Å²) in [4.78, 5) is 11.2. The lowest BCUT2D eigenvalue weighted by Crippen LogP contribution is -2.52. The number of rotatable bonds is 3. The minimum atomic E-state index is -0.0250. The maximum atomic E-state index is 11.2. The van der Waals surface area contributed by atoms with Crippen LogP contribution in [0.1, 0.15) is 19.8 Å². The number of carbonyl (C=O) groups excluding carboxylic acids is 1. The lowest BCUT2D eigenvalue weighted by molar-refractivity contribution is -0.125. The van der Waals surface area contributed by atoms with E-state index in [0.717, 1.165) is 19.4 Å². The van der Waals surface area contributed by atoms with Crippen LogP contribution in [0.15, 0.2) is 0 Å². The van der Waals surface area contributed by atoms with Gasteiger partial charge in [-0.1, -0.05) is 0 Å². The average molecular weight is 186 g/mol.